The molecule has 0 radical (unpaired) electrons. The number of carbonyl (C=O) groups is 1. The molecule has 1 N–H and O–H groups in total. The molecule has 0 aromatic rings. The van der Waals surface area contributed by atoms with E-state index < -0.39 is 5.97 Å². The molecule has 0 unspecified atom stereocenters. The molecule has 0 saturated carbocycles. The normalized spacial score (nSPS) is 12.2. The Kier molecular flexibility index (Phi) is 5.43. The predicted molar refractivity (Wildman–Crippen MR) is 50.1 cm³/mol. The van der Waals surface area contributed by atoms with Gasteiger partial charge in [-0.15, -0.1) is 0 Å². The van der Waals surface area contributed by atoms with E-state index in [0.717, 1.165) is 6.42 Å². The van der Waals surface area contributed by atoms with Gasteiger partial charge in [0.25, 0.3) is 0 Å². The first-order valence-electron chi connectivity index (χ1n) is 4.39. The summed E-state index contributed by atoms with van der Waals surface area (Å²) in [6.45, 7) is 6.30. The van der Waals surface area contributed by atoms with Crippen molar-refractivity contribution >= 4 is 5.97 Å². The fraction of sp³-hybridized carbons (Fsp3) is 0.700. The van der Waals surface area contributed by atoms with Crippen molar-refractivity contribution in [1.29, 1.82) is 0 Å². The lowest BCUT2D eigenvalue weighted by molar-refractivity contribution is -0.136. The molecule has 0 fully saturated rings. The standard InChI is InChI=1S/C10H18O2/c1-8(2)4-5-9(3)6-7-10(11)12/h5,8H,4,6-7H2,1-3H3,(H,11,12). The first kappa shape index (κ1) is 11.2. The number of carboxylic acids is 1. The van der Waals surface area contributed by atoms with E-state index in [1.165, 1.54) is 5.57 Å². The summed E-state index contributed by atoms with van der Waals surface area (Å²) in [6.07, 6.45) is 4.11. The van der Waals surface area contributed by atoms with Crippen LogP contribution < -0.4 is 0 Å². The quantitative estimate of drug-likeness (QED) is 0.644. The molecule has 0 bridgehead atoms. The van der Waals surface area contributed by atoms with Crippen LogP contribution in [0.25, 0.3) is 0 Å². The second-order valence-corrected chi connectivity index (χ2v) is 3.57. The fourth-order valence-electron chi connectivity index (χ4n) is 0.843. The summed E-state index contributed by atoms with van der Waals surface area (Å²) >= 11 is 0. The van der Waals surface area contributed by atoms with Gasteiger partial charge in [0.05, 0.1) is 0 Å². The Labute approximate surface area is 74.3 Å². The molecule has 0 amide bonds. The van der Waals surface area contributed by atoms with Crippen LogP contribution in [0, 0.1) is 5.92 Å². The summed E-state index contributed by atoms with van der Waals surface area (Å²) in [6, 6.07) is 0. The maximum atomic E-state index is 10.2. The molecule has 0 heterocycles. The molecule has 0 saturated heterocycles. The van der Waals surface area contributed by atoms with Crippen LogP contribution in [0.3, 0.4) is 0 Å². The Hall–Kier alpha value is -0.790. The Bertz CT molecular complexity index is 169. The molecule has 0 atom stereocenters. The van der Waals surface area contributed by atoms with Gasteiger partial charge in [-0.3, -0.25) is 4.79 Å². The molecule has 0 aliphatic heterocycles. The highest BCUT2D eigenvalue weighted by Gasteiger charge is 1.97. The predicted octanol–water partition coefficient (Wildman–Crippen LogP) is 2.84. The van der Waals surface area contributed by atoms with Crippen LogP contribution in [-0.4, -0.2) is 11.1 Å². The molecule has 70 valence electrons. The Morgan fingerprint density at radius 1 is 1.42 bits per heavy atom. The summed E-state index contributed by atoms with van der Waals surface area (Å²) in [7, 11) is 0. The second-order valence-electron chi connectivity index (χ2n) is 3.57. The maximum absolute atomic E-state index is 10.2. The lowest BCUT2D eigenvalue weighted by Crippen LogP contribution is -1.94. The third kappa shape index (κ3) is 7.32. The number of hydrogen-bond acceptors (Lipinski definition) is 1. The third-order valence-corrected chi connectivity index (χ3v) is 1.67. The van der Waals surface area contributed by atoms with Crippen LogP contribution in [0.4, 0.5) is 0 Å². The van der Waals surface area contributed by atoms with Gasteiger partial charge < -0.3 is 5.11 Å². The molecule has 2 heteroatoms. The summed E-state index contributed by atoms with van der Waals surface area (Å²) in [4.78, 5) is 10.2. The van der Waals surface area contributed by atoms with Crippen molar-refractivity contribution in [1.82, 2.24) is 0 Å². The van der Waals surface area contributed by atoms with E-state index in [1.54, 1.807) is 0 Å². The van der Waals surface area contributed by atoms with Crippen molar-refractivity contribution in [2.24, 2.45) is 5.92 Å². The van der Waals surface area contributed by atoms with Gasteiger partial charge in [0.2, 0.25) is 0 Å². The van der Waals surface area contributed by atoms with Gasteiger partial charge in [-0.25, -0.2) is 0 Å². The average Bonchev–Trinajstić information content (AvgIpc) is 1.96. The molecular weight excluding hydrogens is 152 g/mol. The monoisotopic (exact) mass is 170 g/mol. The highest BCUT2D eigenvalue weighted by molar-refractivity contribution is 5.66. The molecule has 2 nitrogen and oxygen atoms in total. The molecule has 0 aromatic heterocycles. The number of hydrogen-bond donors (Lipinski definition) is 1. The van der Waals surface area contributed by atoms with E-state index in [9.17, 15) is 4.79 Å². The zero-order valence-corrected chi connectivity index (χ0v) is 8.13. The summed E-state index contributed by atoms with van der Waals surface area (Å²) < 4.78 is 0. The lowest BCUT2D eigenvalue weighted by Gasteiger charge is -2.01. The van der Waals surface area contributed by atoms with E-state index in [2.05, 4.69) is 19.9 Å². The van der Waals surface area contributed by atoms with Crippen LogP contribution in [0.2, 0.25) is 0 Å². The average molecular weight is 170 g/mol. The lowest BCUT2D eigenvalue weighted by atomic mass is 10.1. The fourth-order valence-corrected chi connectivity index (χ4v) is 0.843. The van der Waals surface area contributed by atoms with Gasteiger partial charge in [-0.2, -0.15) is 0 Å². The van der Waals surface area contributed by atoms with E-state index in [0.29, 0.717) is 12.3 Å². The highest BCUT2D eigenvalue weighted by atomic mass is 16.4. The van der Waals surface area contributed by atoms with Crippen LogP contribution in [0.15, 0.2) is 11.6 Å². The maximum Gasteiger partial charge on any atom is 0.303 e. The molecule has 0 aliphatic carbocycles. The molecule has 0 rings (SSSR count). The van der Waals surface area contributed by atoms with Crippen molar-refractivity contribution < 1.29 is 9.90 Å². The van der Waals surface area contributed by atoms with Gasteiger partial charge in [0.15, 0.2) is 0 Å². The van der Waals surface area contributed by atoms with Gasteiger partial charge >= 0.3 is 5.97 Å². The summed E-state index contributed by atoms with van der Waals surface area (Å²) in [5, 5.41) is 8.41. The van der Waals surface area contributed by atoms with E-state index >= 15 is 0 Å². The number of allylic oxidation sites excluding steroid dienone is 2. The van der Waals surface area contributed by atoms with Crippen molar-refractivity contribution in [2.75, 3.05) is 0 Å². The second kappa shape index (κ2) is 5.81. The van der Waals surface area contributed by atoms with E-state index in [4.69, 9.17) is 5.11 Å². The molecule has 0 aromatic carbocycles. The minimum Gasteiger partial charge on any atom is -0.481 e. The van der Waals surface area contributed by atoms with Crippen LogP contribution >= 0.6 is 0 Å². The highest BCUT2D eigenvalue weighted by Crippen LogP contribution is 2.08. The van der Waals surface area contributed by atoms with Gasteiger partial charge in [0.1, 0.15) is 0 Å². The van der Waals surface area contributed by atoms with Crippen LogP contribution in [0.1, 0.15) is 40.0 Å². The van der Waals surface area contributed by atoms with E-state index in [-0.39, 0.29) is 6.42 Å². The largest absolute Gasteiger partial charge is 0.481 e. The van der Waals surface area contributed by atoms with E-state index in [1.807, 2.05) is 6.92 Å². The molecule has 0 spiro atoms. The first-order valence-corrected chi connectivity index (χ1v) is 4.39. The molecular formula is C10H18O2. The molecule has 12 heavy (non-hydrogen) atoms. The summed E-state index contributed by atoms with van der Waals surface area (Å²) in [5.41, 5.74) is 1.19. The Morgan fingerprint density at radius 3 is 2.42 bits per heavy atom. The molecule has 0 aliphatic rings. The minimum absolute atomic E-state index is 0.250. The van der Waals surface area contributed by atoms with Gasteiger partial charge in [-0.05, 0) is 25.7 Å². The smallest absolute Gasteiger partial charge is 0.303 e. The first-order chi connectivity index (χ1) is 5.52. The van der Waals surface area contributed by atoms with Crippen molar-refractivity contribution in [3.05, 3.63) is 11.6 Å². The Balaban J connectivity index is 3.63. The van der Waals surface area contributed by atoms with Crippen LogP contribution in [0.5, 0.6) is 0 Å². The Morgan fingerprint density at radius 2 is 2.00 bits per heavy atom. The van der Waals surface area contributed by atoms with Crippen molar-refractivity contribution in [3.8, 4) is 0 Å². The minimum atomic E-state index is -0.715. The zero-order valence-electron chi connectivity index (χ0n) is 8.13. The van der Waals surface area contributed by atoms with Crippen molar-refractivity contribution in [3.63, 3.8) is 0 Å². The summed E-state index contributed by atoms with van der Waals surface area (Å²) in [5.74, 6) is -0.0583. The van der Waals surface area contributed by atoms with Crippen molar-refractivity contribution in [2.45, 2.75) is 40.0 Å². The number of rotatable bonds is 5. The van der Waals surface area contributed by atoms with Crippen LogP contribution in [-0.2, 0) is 4.79 Å². The number of carboxylic acid groups (broad SMARTS) is 1. The van der Waals surface area contributed by atoms with Gasteiger partial charge in [0, 0.05) is 6.42 Å². The zero-order chi connectivity index (χ0) is 9.56. The van der Waals surface area contributed by atoms with Gasteiger partial charge in [-0.1, -0.05) is 25.5 Å². The SMILES string of the molecule is CC(=CCC(C)C)CCC(=O)O. The number of aliphatic carboxylic acids is 1. The topological polar surface area (TPSA) is 37.3 Å². The third-order valence-electron chi connectivity index (χ3n) is 1.67.